The third-order valence-corrected chi connectivity index (χ3v) is 7.42. The van der Waals surface area contributed by atoms with Gasteiger partial charge < -0.3 is 9.30 Å². The van der Waals surface area contributed by atoms with Crippen molar-refractivity contribution in [2.24, 2.45) is 12.0 Å². The Balaban J connectivity index is 0.00000341. The van der Waals surface area contributed by atoms with Crippen LogP contribution >= 0.6 is 35.3 Å². The Hall–Kier alpha value is -1.84. The number of nitrogens with one attached hydrogen (secondary N) is 1. The van der Waals surface area contributed by atoms with Gasteiger partial charge in [0, 0.05) is 24.5 Å². The molecule has 1 aromatic heterocycles. The van der Waals surface area contributed by atoms with Gasteiger partial charge in [-0.25, -0.2) is 18.1 Å². The van der Waals surface area contributed by atoms with Crippen molar-refractivity contribution in [2.45, 2.75) is 24.7 Å². The van der Waals surface area contributed by atoms with Crippen LogP contribution in [0.15, 0.2) is 57.7 Å². The smallest absolute Gasteiger partial charge is 0.242 e. The molecule has 0 radical (unpaired) electrons. The Bertz CT molecular complexity index is 1190. The zero-order valence-electron chi connectivity index (χ0n) is 17.5. The maximum atomic E-state index is 12.7. The maximum absolute atomic E-state index is 12.7. The number of aromatic nitrogens is 1. The van der Waals surface area contributed by atoms with E-state index < -0.39 is 10.0 Å². The van der Waals surface area contributed by atoms with E-state index in [1.807, 2.05) is 54.3 Å². The number of ether oxygens (including phenoxy) is 1. The second-order valence-electron chi connectivity index (χ2n) is 6.67. The highest BCUT2D eigenvalue weighted by atomic mass is 35.5. The third kappa shape index (κ3) is 6.11. The van der Waals surface area contributed by atoms with Crippen molar-refractivity contribution in [1.29, 1.82) is 0 Å². The highest BCUT2D eigenvalue weighted by molar-refractivity contribution is 7.89. The summed E-state index contributed by atoms with van der Waals surface area (Å²) in [6.45, 7) is 2.39. The molecule has 0 fully saturated rings. The summed E-state index contributed by atoms with van der Waals surface area (Å²) in [5.74, 6) is 0.771. The van der Waals surface area contributed by atoms with Gasteiger partial charge in [-0.15, -0.1) is 23.7 Å². The number of thiazole rings is 1. The number of halogens is 2. The molecule has 0 unspecified atom stereocenters. The summed E-state index contributed by atoms with van der Waals surface area (Å²) >= 11 is 7.68. The molecular weight excluding hydrogens is 477 g/mol. The van der Waals surface area contributed by atoms with Crippen molar-refractivity contribution in [3.8, 4) is 17.0 Å². The predicted octanol–water partition coefficient (Wildman–Crippen LogP) is 5.15. The van der Waals surface area contributed by atoms with Crippen molar-refractivity contribution in [3.05, 3.63) is 57.7 Å². The minimum absolute atomic E-state index is 0. The SMILES string of the molecule is CCCCNS(=O)(=O)c1cc(-c2cs/c(=N/c3ccc(OC)cc3)n2C)ccc1Cl.Cl. The van der Waals surface area contributed by atoms with Crippen molar-refractivity contribution in [1.82, 2.24) is 9.29 Å². The normalized spacial score (nSPS) is 11.9. The van der Waals surface area contributed by atoms with E-state index in [2.05, 4.69) is 9.71 Å². The molecule has 0 aliphatic carbocycles. The Labute approximate surface area is 198 Å². The first-order chi connectivity index (χ1) is 14.4. The summed E-state index contributed by atoms with van der Waals surface area (Å²) in [7, 11) is -0.156. The fourth-order valence-electron chi connectivity index (χ4n) is 2.83. The molecule has 0 aliphatic heterocycles. The molecule has 0 amide bonds. The van der Waals surface area contributed by atoms with Crippen molar-refractivity contribution in [3.63, 3.8) is 0 Å². The van der Waals surface area contributed by atoms with Crippen LogP contribution in [-0.4, -0.2) is 26.6 Å². The first kappa shape index (κ1) is 25.4. The first-order valence-electron chi connectivity index (χ1n) is 9.48. The van der Waals surface area contributed by atoms with E-state index in [0.717, 1.165) is 40.3 Å². The van der Waals surface area contributed by atoms with Gasteiger partial charge in [0.05, 0.1) is 23.5 Å². The third-order valence-electron chi connectivity index (χ3n) is 4.56. The Morgan fingerprint density at radius 2 is 1.90 bits per heavy atom. The molecule has 0 saturated heterocycles. The molecule has 168 valence electrons. The van der Waals surface area contributed by atoms with Gasteiger partial charge in [0.1, 0.15) is 10.6 Å². The number of rotatable bonds is 8. The average molecular weight is 502 g/mol. The summed E-state index contributed by atoms with van der Waals surface area (Å²) in [6.07, 6.45) is 1.67. The lowest BCUT2D eigenvalue weighted by Crippen LogP contribution is -2.25. The van der Waals surface area contributed by atoms with E-state index in [1.165, 1.54) is 11.3 Å². The van der Waals surface area contributed by atoms with Crippen LogP contribution < -0.4 is 14.3 Å². The predicted molar refractivity (Wildman–Crippen MR) is 129 cm³/mol. The number of methoxy groups -OCH3 is 1. The van der Waals surface area contributed by atoms with Crippen LogP contribution in [0.25, 0.3) is 11.3 Å². The van der Waals surface area contributed by atoms with Gasteiger partial charge in [-0.05, 0) is 42.8 Å². The van der Waals surface area contributed by atoms with Crippen molar-refractivity contribution < 1.29 is 13.2 Å². The number of sulfonamides is 1. The number of unbranched alkanes of at least 4 members (excludes halogenated alkanes) is 1. The van der Waals surface area contributed by atoms with Gasteiger partial charge in [0.2, 0.25) is 10.0 Å². The number of benzene rings is 2. The first-order valence-corrected chi connectivity index (χ1v) is 12.2. The maximum Gasteiger partial charge on any atom is 0.242 e. The fourth-order valence-corrected chi connectivity index (χ4v) is 5.35. The minimum Gasteiger partial charge on any atom is -0.497 e. The van der Waals surface area contributed by atoms with Crippen molar-refractivity contribution >= 4 is 51.1 Å². The van der Waals surface area contributed by atoms with Gasteiger partial charge in [-0.1, -0.05) is 31.0 Å². The van der Waals surface area contributed by atoms with Crippen LogP contribution in [0.2, 0.25) is 5.02 Å². The van der Waals surface area contributed by atoms with Gasteiger partial charge >= 0.3 is 0 Å². The summed E-state index contributed by atoms with van der Waals surface area (Å²) in [4.78, 5) is 5.54. The Kier molecular flexibility index (Phi) is 9.14. The average Bonchev–Trinajstić information content (AvgIpc) is 3.09. The summed E-state index contributed by atoms with van der Waals surface area (Å²) in [6, 6.07) is 12.5. The molecule has 3 rings (SSSR count). The second kappa shape index (κ2) is 11.2. The number of hydrogen-bond donors (Lipinski definition) is 1. The van der Waals surface area contributed by atoms with Gasteiger partial charge in [-0.2, -0.15) is 0 Å². The molecule has 0 bridgehead atoms. The number of nitrogens with zero attached hydrogens (tertiary/aromatic N) is 2. The molecule has 1 heterocycles. The van der Waals surface area contributed by atoms with Crippen LogP contribution in [0.4, 0.5) is 5.69 Å². The lowest BCUT2D eigenvalue weighted by molar-refractivity contribution is 0.415. The van der Waals surface area contributed by atoms with Crippen LogP contribution in [0.5, 0.6) is 5.75 Å². The van der Waals surface area contributed by atoms with Crippen molar-refractivity contribution in [2.75, 3.05) is 13.7 Å². The van der Waals surface area contributed by atoms with E-state index in [-0.39, 0.29) is 22.3 Å². The fraction of sp³-hybridized carbons (Fsp3) is 0.286. The Morgan fingerprint density at radius 1 is 1.19 bits per heavy atom. The molecule has 0 saturated carbocycles. The molecule has 0 spiro atoms. The second-order valence-corrected chi connectivity index (χ2v) is 9.65. The summed E-state index contributed by atoms with van der Waals surface area (Å²) < 4.78 is 35.0. The number of hydrogen-bond acceptors (Lipinski definition) is 5. The minimum atomic E-state index is -3.68. The monoisotopic (exact) mass is 501 g/mol. The highest BCUT2D eigenvalue weighted by Crippen LogP contribution is 2.28. The van der Waals surface area contributed by atoms with Gasteiger partial charge in [0.25, 0.3) is 0 Å². The van der Waals surface area contributed by atoms with E-state index in [9.17, 15) is 8.42 Å². The lowest BCUT2D eigenvalue weighted by Gasteiger charge is -2.10. The van der Waals surface area contributed by atoms with Crippen LogP contribution in [0, 0.1) is 0 Å². The molecule has 6 nitrogen and oxygen atoms in total. The van der Waals surface area contributed by atoms with Gasteiger partial charge in [-0.3, -0.25) is 0 Å². The van der Waals surface area contributed by atoms with E-state index in [1.54, 1.807) is 19.2 Å². The molecule has 1 N–H and O–H groups in total. The molecule has 10 heteroatoms. The van der Waals surface area contributed by atoms with E-state index in [4.69, 9.17) is 16.3 Å². The highest BCUT2D eigenvalue weighted by Gasteiger charge is 2.19. The molecule has 31 heavy (non-hydrogen) atoms. The lowest BCUT2D eigenvalue weighted by atomic mass is 10.2. The summed E-state index contributed by atoms with van der Waals surface area (Å²) in [5, 5.41) is 2.15. The van der Waals surface area contributed by atoms with E-state index in [0.29, 0.717) is 6.54 Å². The molecule has 2 aromatic carbocycles. The van der Waals surface area contributed by atoms with Crippen LogP contribution in [0.3, 0.4) is 0 Å². The molecule has 0 atom stereocenters. The molecule has 0 aliphatic rings. The largest absolute Gasteiger partial charge is 0.497 e. The van der Waals surface area contributed by atoms with E-state index >= 15 is 0 Å². The molecule has 3 aromatic rings. The molecular formula is C21H25Cl2N3O3S2. The standard InChI is InChI=1S/C21H24ClN3O3S2.ClH/c1-4-5-12-23-30(26,27)20-13-15(6-11-18(20)22)19-14-29-21(25(19)2)24-16-7-9-17(28-3)10-8-16;/h6-11,13-14,23H,4-5,12H2,1-3H3;1H/b24-21+;. The topological polar surface area (TPSA) is 72.7 Å². The van der Waals surface area contributed by atoms with Gasteiger partial charge in [0.15, 0.2) is 4.80 Å². The summed E-state index contributed by atoms with van der Waals surface area (Å²) in [5.41, 5.74) is 2.42. The zero-order chi connectivity index (χ0) is 21.7. The zero-order valence-corrected chi connectivity index (χ0v) is 20.7. The van der Waals surface area contributed by atoms with Crippen LogP contribution in [-0.2, 0) is 17.1 Å². The quantitative estimate of drug-likeness (QED) is 0.433. The Morgan fingerprint density at radius 3 is 2.55 bits per heavy atom. The van der Waals surface area contributed by atoms with Crippen LogP contribution in [0.1, 0.15) is 19.8 Å².